The zero-order valence-corrected chi connectivity index (χ0v) is 15.8. The van der Waals surface area contributed by atoms with E-state index >= 15 is 0 Å². The Morgan fingerprint density at radius 1 is 1.21 bits per heavy atom. The monoisotopic (exact) mass is 336 g/mol. The molecule has 0 aromatic heterocycles. The summed E-state index contributed by atoms with van der Waals surface area (Å²) in [6, 6.07) is 0.328. The second kappa shape index (κ2) is 9.90. The van der Waals surface area contributed by atoms with Crippen LogP contribution in [0.25, 0.3) is 0 Å². The van der Waals surface area contributed by atoms with Crippen molar-refractivity contribution in [1.82, 2.24) is 15.5 Å². The SMILES string of the molecule is CCNC(=NCCC(C)C)NC1CCN(C(=O)C2CCCCC2)C1. The highest BCUT2D eigenvalue weighted by atomic mass is 16.2. The van der Waals surface area contributed by atoms with Crippen molar-refractivity contribution in [2.24, 2.45) is 16.8 Å². The van der Waals surface area contributed by atoms with Crippen LogP contribution in [0.4, 0.5) is 0 Å². The van der Waals surface area contributed by atoms with Crippen LogP contribution in [-0.2, 0) is 4.79 Å². The van der Waals surface area contributed by atoms with Gasteiger partial charge in [-0.25, -0.2) is 0 Å². The molecule has 1 aliphatic carbocycles. The second-order valence-electron chi connectivity index (χ2n) is 7.69. The first-order valence-corrected chi connectivity index (χ1v) is 9.93. The quantitative estimate of drug-likeness (QED) is 0.579. The number of nitrogens with zero attached hydrogens (tertiary/aromatic N) is 2. The summed E-state index contributed by atoms with van der Waals surface area (Å²) < 4.78 is 0. The van der Waals surface area contributed by atoms with Crippen molar-refractivity contribution in [3.8, 4) is 0 Å². The number of rotatable bonds is 6. The molecule has 1 amide bonds. The molecule has 5 heteroatoms. The summed E-state index contributed by atoms with van der Waals surface area (Å²) in [6.07, 6.45) is 8.05. The van der Waals surface area contributed by atoms with E-state index in [9.17, 15) is 4.79 Å². The van der Waals surface area contributed by atoms with E-state index < -0.39 is 0 Å². The van der Waals surface area contributed by atoms with Crippen LogP contribution in [0.5, 0.6) is 0 Å². The molecule has 0 aromatic carbocycles. The van der Waals surface area contributed by atoms with E-state index in [1.165, 1.54) is 19.3 Å². The van der Waals surface area contributed by atoms with Gasteiger partial charge in [-0.2, -0.15) is 0 Å². The van der Waals surface area contributed by atoms with Gasteiger partial charge in [0.1, 0.15) is 0 Å². The van der Waals surface area contributed by atoms with Gasteiger partial charge >= 0.3 is 0 Å². The Bertz CT molecular complexity index is 416. The first-order valence-electron chi connectivity index (χ1n) is 9.93. The van der Waals surface area contributed by atoms with Crippen LogP contribution < -0.4 is 10.6 Å². The third-order valence-corrected chi connectivity index (χ3v) is 5.12. The zero-order chi connectivity index (χ0) is 17.4. The maximum absolute atomic E-state index is 12.7. The van der Waals surface area contributed by atoms with Gasteiger partial charge in [-0.1, -0.05) is 33.1 Å². The molecule has 2 N–H and O–H groups in total. The lowest BCUT2D eigenvalue weighted by atomic mass is 9.88. The van der Waals surface area contributed by atoms with E-state index in [-0.39, 0.29) is 5.92 Å². The highest BCUT2D eigenvalue weighted by Gasteiger charge is 2.31. The van der Waals surface area contributed by atoms with Crippen LogP contribution in [0.3, 0.4) is 0 Å². The number of amides is 1. The highest BCUT2D eigenvalue weighted by Crippen LogP contribution is 2.26. The fourth-order valence-electron chi connectivity index (χ4n) is 3.63. The molecule has 1 heterocycles. The maximum Gasteiger partial charge on any atom is 0.225 e. The topological polar surface area (TPSA) is 56.7 Å². The zero-order valence-electron chi connectivity index (χ0n) is 15.8. The Morgan fingerprint density at radius 2 is 1.96 bits per heavy atom. The van der Waals surface area contributed by atoms with Gasteiger partial charge in [-0.05, 0) is 38.5 Å². The Hall–Kier alpha value is -1.26. The van der Waals surface area contributed by atoms with Crippen molar-refractivity contribution in [2.45, 2.75) is 71.8 Å². The second-order valence-corrected chi connectivity index (χ2v) is 7.69. The molecular weight excluding hydrogens is 300 g/mol. The summed E-state index contributed by atoms with van der Waals surface area (Å²) in [5, 5.41) is 6.85. The van der Waals surface area contributed by atoms with Gasteiger partial charge in [0.15, 0.2) is 5.96 Å². The molecule has 1 unspecified atom stereocenters. The normalized spacial score (nSPS) is 22.9. The molecule has 0 spiro atoms. The van der Waals surface area contributed by atoms with Crippen molar-refractivity contribution >= 4 is 11.9 Å². The molecule has 0 bridgehead atoms. The van der Waals surface area contributed by atoms with Gasteiger partial charge in [0.2, 0.25) is 5.91 Å². The number of hydrogen-bond acceptors (Lipinski definition) is 2. The molecular formula is C19H36N4O. The summed E-state index contributed by atoms with van der Waals surface area (Å²) in [6.45, 7) is 9.97. The smallest absolute Gasteiger partial charge is 0.225 e. The van der Waals surface area contributed by atoms with Crippen molar-refractivity contribution in [3.63, 3.8) is 0 Å². The Morgan fingerprint density at radius 3 is 2.62 bits per heavy atom. The van der Waals surface area contributed by atoms with Gasteiger partial charge < -0.3 is 15.5 Å². The van der Waals surface area contributed by atoms with Crippen molar-refractivity contribution in [1.29, 1.82) is 0 Å². The minimum Gasteiger partial charge on any atom is -0.357 e. The first kappa shape index (κ1) is 19.1. The van der Waals surface area contributed by atoms with Gasteiger partial charge in [0.05, 0.1) is 0 Å². The van der Waals surface area contributed by atoms with Crippen molar-refractivity contribution in [3.05, 3.63) is 0 Å². The van der Waals surface area contributed by atoms with Crippen LogP contribution >= 0.6 is 0 Å². The van der Waals surface area contributed by atoms with Crippen LogP contribution in [0.1, 0.15) is 65.7 Å². The van der Waals surface area contributed by atoms with E-state index in [1.807, 2.05) is 0 Å². The van der Waals surface area contributed by atoms with E-state index in [0.717, 1.165) is 57.8 Å². The number of aliphatic imine (C=N–C) groups is 1. The predicted molar refractivity (Wildman–Crippen MR) is 100 cm³/mol. The number of hydrogen-bond donors (Lipinski definition) is 2. The van der Waals surface area contributed by atoms with Gasteiger partial charge in [-0.15, -0.1) is 0 Å². The molecule has 1 saturated heterocycles. The molecule has 1 saturated carbocycles. The molecule has 2 fully saturated rings. The molecule has 0 radical (unpaired) electrons. The standard InChI is InChI=1S/C19H36N4O/c1-4-20-19(21-12-10-15(2)3)22-17-11-13-23(14-17)18(24)16-8-6-5-7-9-16/h15-17H,4-14H2,1-3H3,(H2,20,21,22). The number of carbonyl (C=O) groups excluding carboxylic acids is 1. The Kier molecular flexibility index (Phi) is 7.86. The fourth-order valence-corrected chi connectivity index (χ4v) is 3.63. The largest absolute Gasteiger partial charge is 0.357 e. The Labute approximate surface area is 147 Å². The minimum atomic E-state index is 0.283. The molecule has 1 atom stereocenters. The van der Waals surface area contributed by atoms with Crippen LogP contribution in [-0.4, -0.2) is 49.0 Å². The summed E-state index contributed by atoms with van der Waals surface area (Å²) >= 11 is 0. The minimum absolute atomic E-state index is 0.283. The lowest BCUT2D eigenvalue weighted by molar-refractivity contribution is -0.135. The highest BCUT2D eigenvalue weighted by molar-refractivity contribution is 5.81. The van der Waals surface area contributed by atoms with Crippen LogP contribution in [0.15, 0.2) is 4.99 Å². The Balaban J connectivity index is 1.81. The van der Waals surface area contributed by atoms with Crippen molar-refractivity contribution in [2.75, 3.05) is 26.2 Å². The molecule has 138 valence electrons. The van der Waals surface area contributed by atoms with E-state index in [2.05, 4.69) is 41.3 Å². The maximum atomic E-state index is 12.7. The fraction of sp³-hybridized carbons (Fsp3) is 0.895. The first-order chi connectivity index (χ1) is 11.6. The molecule has 2 rings (SSSR count). The summed E-state index contributed by atoms with van der Waals surface area (Å²) in [4.78, 5) is 19.4. The summed E-state index contributed by atoms with van der Waals surface area (Å²) in [7, 11) is 0. The van der Waals surface area contributed by atoms with Gasteiger partial charge in [0.25, 0.3) is 0 Å². The average Bonchev–Trinajstić information content (AvgIpc) is 3.03. The summed E-state index contributed by atoms with van der Waals surface area (Å²) in [5.41, 5.74) is 0. The van der Waals surface area contributed by atoms with Crippen LogP contribution in [0, 0.1) is 11.8 Å². The van der Waals surface area contributed by atoms with Gasteiger partial charge in [-0.3, -0.25) is 9.79 Å². The lowest BCUT2D eigenvalue weighted by Crippen LogP contribution is -2.45. The predicted octanol–water partition coefficient (Wildman–Crippen LogP) is 2.77. The molecule has 0 aromatic rings. The van der Waals surface area contributed by atoms with E-state index in [1.54, 1.807) is 0 Å². The lowest BCUT2D eigenvalue weighted by Gasteiger charge is -2.26. The van der Waals surface area contributed by atoms with E-state index in [4.69, 9.17) is 0 Å². The van der Waals surface area contributed by atoms with Gasteiger partial charge in [0, 0.05) is 38.1 Å². The molecule has 1 aliphatic heterocycles. The number of nitrogens with one attached hydrogen (secondary N) is 2. The molecule has 2 aliphatic rings. The number of likely N-dealkylation sites (tertiary alicyclic amines) is 1. The third kappa shape index (κ3) is 5.99. The van der Waals surface area contributed by atoms with E-state index in [0.29, 0.717) is 17.9 Å². The summed E-state index contributed by atoms with van der Waals surface area (Å²) in [5.74, 6) is 2.24. The molecule has 5 nitrogen and oxygen atoms in total. The molecule has 24 heavy (non-hydrogen) atoms. The third-order valence-electron chi connectivity index (χ3n) is 5.12. The number of carbonyl (C=O) groups is 1. The van der Waals surface area contributed by atoms with Crippen molar-refractivity contribution < 1.29 is 4.79 Å². The average molecular weight is 337 g/mol. The van der Waals surface area contributed by atoms with Crippen LogP contribution in [0.2, 0.25) is 0 Å². The number of guanidine groups is 1.